The molecule has 0 amide bonds. The Bertz CT molecular complexity index is 979. The highest BCUT2D eigenvalue weighted by atomic mass is 16.4. The fourth-order valence-corrected chi connectivity index (χ4v) is 8.95. The zero-order chi connectivity index (χ0) is 26.8. The van der Waals surface area contributed by atoms with E-state index in [1.54, 1.807) is 0 Å². The van der Waals surface area contributed by atoms with Crippen molar-refractivity contribution in [3.63, 3.8) is 0 Å². The van der Waals surface area contributed by atoms with Gasteiger partial charge in [0, 0.05) is 16.7 Å². The quantitative estimate of drug-likeness (QED) is 0.346. The second kappa shape index (κ2) is 9.10. The van der Waals surface area contributed by atoms with Crippen molar-refractivity contribution in [1.82, 2.24) is 0 Å². The van der Waals surface area contributed by atoms with Crippen molar-refractivity contribution in [3.05, 3.63) is 35.5 Å². The fourth-order valence-electron chi connectivity index (χ4n) is 8.95. The van der Waals surface area contributed by atoms with Crippen molar-refractivity contribution in [3.8, 4) is 0 Å². The molecule has 202 valence electrons. The third-order valence-corrected chi connectivity index (χ3v) is 11.8. The Labute approximate surface area is 217 Å². The van der Waals surface area contributed by atoms with Crippen LogP contribution in [0, 0.1) is 45.3 Å². The highest BCUT2D eigenvalue weighted by Gasteiger charge is 2.66. The van der Waals surface area contributed by atoms with E-state index in [1.165, 1.54) is 11.1 Å². The predicted molar refractivity (Wildman–Crippen MR) is 142 cm³/mol. The van der Waals surface area contributed by atoms with E-state index in [9.17, 15) is 25.2 Å². The minimum atomic E-state index is -0.819. The summed E-state index contributed by atoms with van der Waals surface area (Å²) >= 11 is 0. The highest BCUT2D eigenvalue weighted by molar-refractivity contribution is 5.71. The molecule has 5 nitrogen and oxygen atoms in total. The molecule has 5 heteroatoms. The minimum Gasteiger partial charge on any atom is -0.481 e. The standard InChI is InChI=1S/C31H48O5/c1-18(2)19(3)8-9-20(27(35)36)26-23(33)16-31(7)22-10-11-24-28(4,21(22)12-15-30(26,31)6)14-13-25(34)29(24,5)17-32/h10,12,18,20,23-26,32-34H,3,8-9,11,13-17H2,1-2,4-7H3,(H,35,36)/t20-,23-,24?,25+,26+,28-,29-,30-,31+/m1/s1. The normalized spacial score (nSPS) is 44.7. The molecule has 4 aliphatic carbocycles. The number of fused-ring (bicyclic) bond motifs is 5. The summed E-state index contributed by atoms with van der Waals surface area (Å²) in [7, 11) is 0. The molecule has 0 aromatic carbocycles. The molecule has 0 aliphatic heterocycles. The van der Waals surface area contributed by atoms with Gasteiger partial charge < -0.3 is 20.4 Å². The van der Waals surface area contributed by atoms with Crippen LogP contribution in [0.3, 0.4) is 0 Å². The van der Waals surface area contributed by atoms with Crippen LogP contribution in [0.1, 0.15) is 86.5 Å². The molecule has 0 saturated heterocycles. The van der Waals surface area contributed by atoms with Crippen LogP contribution < -0.4 is 0 Å². The molecule has 9 atom stereocenters. The Morgan fingerprint density at radius 2 is 1.81 bits per heavy atom. The molecule has 0 aromatic rings. The summed E-state index contributed by atoms with van der Waals surface area (Å²) in [5.74, 6) is -1.32. The first kappa shape index (κ1) is 27.6. The van der Waals surface area contributed by atoms with Gasteiger partial charge in [-0.1, -0.05) is 65.8 Å². The van der Waals surface area contributed by atoms with E-state index in [0.29, 0.717) is 31.6 Å². The van der Waals surface area contributed by atoms with Gasteiger partial charge >= 0.3 is 5.97 Å². The van der Waals surface area contributed by atoms with E-state index in [2.05, 4.69) is 53.3 Å². The van der Waals surface area contributed by atoms with Gasteiger partial charge in [-0.2, -0.15) is 0 Å². The number of hydrogen-bond acceptors (Lipinski definition) is 4. The summed E-state index contributed by atoms with van der Waals surface area (Å²) in [6.07, 6.45) is 8.19. The lowest BCUT2D eigenvalue weighted by Gasteiger charge is -2.61. The Morgan fingerprint density at radius 1 is 1.14 bits per heavy atom. The topological polar surface area (TPSA) is 98.0 Å². The van der Waals surface area contributed by atoms with Gasteiger partial charge in [-0.05, 0) is 78.8 Å². The Kier molecular flexibility index (Phi) is 6.97. The molecular formula is C31H48O5. The Balaban J connectivity index is 1.73. The zero-order valence-electron chi connectivity index (χ0n) is 23.2. The maximum absolute atomic E-state index is 12.6. The van der Waals surface area contributed by atoms with Gasteiger partial charge in [0.25, 0.3) is 0 Å². The van der Waals surface area contributed by atoms with Crippen LogP contribution in [-0.4, -0.2) is 45.2 Å². The van der Waals surface area contributed by atoms with Gasteiger partial charge in [-0.15, -0.1) is 0 Å². The van der Waals surface area contributed by atoms with Crippen molar-refractivity contribution in [2.24, 2.45) is 45.3 Å². The van der Waals surface area contributed by atoms with E-state index >= 15 is 0 Å². The Hall–Kier alpha value is -1.43. The zero-order valence-corrected chi connectivity index (χ0v) is 23.2. The van der Waals surface area contributed by atoms with Crippen LogP contribution in [0.2, 0.25) is 0 Å². The molecule has 0 heterocycles. The van der Waals surface area contributed by atoms with Crippen LogP contribution in [0.25, 0.3) is 0 Å². The number of aliphatic hydroxyl groups excluding tert-OH is 3. The summed E-state index contributed by atoms with van der Waals surface area (Å²) in [5, 5.41) is 42.9. The largest absolute Gasteiger partial charge is 0.481 e. The third kappa shape index (κ3) is 3.71. The van der Waals surface area contributed by atoms with Gasteiger partial charge in [-0.25, -0.2) is 0 Å². The molecule has 0 radical (unpaired) electrons. The molecule has 4 N–H and O–H groups in total. The molecule has 4 aliphatic rings. The maximum Gasteiger partial charge on any atom is 0.306 e. The van der Waals surface area contributed by atoms with E-state index in [0.717, 1.165) is 24.8 Å². The number of rotatable bonds is 7. The van der Waals surface area contributed by atoms with Crippen molar-refractivity contribution < 1.29 is 25.2 Å². The first-order valence-electron chi connectivity index (χ1n) is 14.0. The van der Waals surface area contributed by atoms with Crippen LogP contribution in [0.4, 0.5) is 0 Å². The van der Waals surface area contributed by atoms with E-state index in [1.807, 2.05) is 6.92 Å². The number of aliphatic carboxylic acids is 1. The molecule has 2 saturated carbocycles. The molecule has 4 rings (SSSR count). The molecule has 36 heavy (non-hydrogen) atoms. The van der Waals surface area contributed by atoms with Gasteiger partial charge in [0.05, 0.1) is 24.7 Å². The molecule has 2 fully saturated rings. The first-order valence-corrected chi connectivity index (χ1v) is 14.0. The average Bonchev–Trinajstić information content (AvgIpc) is 3.02. The van der Waals surface area contributed by atoms with Crippen LogP contribution in [0.15, 0.2) is 35.5 Å². The van der Waals surface area contributed by atoms with E-state index in [4.69, 9.17) is 0 Å². The second-order valence-corrected chi connectivity index (χ2v) is 13.7. The molecule has 1 unspecified atom stereocenters. The maximum atomic E-state index is 12.6. The molecule has 0 spiro atoms. The van der Waals surface area contributed by atoms with Crippen LogP contribution >= 0.6 is 0 Å². The van der Waals surface area contributed by atoms with Gasteiger partial charge in [-0.3, -0.25) is 4.79 Å². The molecular weight excluding hydrogens is 452 g/mol. The van der Waals surface area contributed by atoms with E-state index < -0.39 is 29.5 Å². The van der Waals surface area contributed by atoms with Gasteiger partial charge in [0.15, 0.2) is 0 Å². The predicted octanol–water partition coefficient (Wildman–Crippen LogP) is 5.51. The number of carboxylic acid groups (broad SMARTS) is 1. The number of carbonyl (C=O) groups is 1. The lowest BCUT2D eigenvalue weighted by Crippen LogP contribution is -2.57. The molecule has 0 aromatic heterocycles. The summed E-state index contributed by atoms with van der Waals surface area (Å²) < 4.78 is 0. The van der Waals surface area contributed by atoms with Gasteiger partial charge in [0.1, 0.15) is 0 Å². The lowest BCUT2D eigenvalue weighted by atomic mass is 9.44. The summed E-state index contributed by atoms with van der Waals surface area (Å²) in [6.45, 7) is 17.1. The van der Waals surface area contributed by atoms with Crippen molar-refractivity contribution in [1.29, 1.82) is 0 Å². The van der Waals surface area contributed by atoms with E-state index in [-0.39, 0.29) is 34.7 Å². The number of carboxylic acids is 1. The fraction of sp³-hybridized carbons (Fsp3) is 0.774. The number of hydrogen-bond donors (Lipinski definition) is 4. The summed E-state index contributed by atoms with van der Waals surface area (Å²) in [4.78, 5) is 12.6. The first-order chi connectivity index (χ1) is 16.7. The van der Waals surface area contributed by atoms with Gasteiger partial charge in [0.2, 0.25) is 0 Å². The summed E-state index contributed by atoms with van der Waals surface area (Å²) in [6, 6.07) is 0. The highest BCUT2D eigenvalue weighted by Crippen LogP contribution is 2.71. The van der Waals surface area contributed by atoms with Crippen molar-refractivity contribution >= 4 is 5.97 Å². The van der Waals surface area contributed by atoms with Crippen molar-refractivity contribution in [2.75, 3.05) is 6.61 Å². The average molecular weight is 501 g/mol. The Morgan fingerprint density at radius 3 is 2.39 bits per heavy atom. The lowest BCUT2D eigenvalue weighted by molar-refractivity contribution is -0.148. The van der Waals surface area contributed by atoms with Crippen molar-refractivity contribution in [2.45, 2.75) is 98.7 Å². The third-order valence-electron chi connectivity index (χ3n) is 11.8. The molecule has 0 bridgehead atoms. The summed E-state index contributed by atoms with van der Waals surface area (Å²) in [5.41, 5.74) is 2.22. The monoisotopic (exact) mass is 500 g/mol. The smallest absolute Gasteiger partial charge is 0.306 e. The minimum absolute atomic E-state index is 0.0391. The number of aliphatic hydroxyl groups is 3. The van der Waals surface area contributed by atoms with Crippen LogP contribution in [-0.2, 0) is 4.79 Å². The second-order valence-electron chi connectivity index (χ2n) is 13.7. The van der Waals surface area contributed by atoms with Crippen LogP contribution in [0.5, 0.6) is 0 Å². The number of allylic oxidation sites excluding steroid dienone is 5. The SMILES string of the molecule is C=C(CC[C@@H](C(=O)O)[C@H]1[C@H](O)C[C@@]2(C)C3=CCC4[C@](C)(CC[C@H](O)[C@]4(C)CO)C3=CC[C@]12C)C(C)C.